The Morgan fingerprint density at radius 3 is 1.47 bits per heavy atom. The number of para-hydroxylation sites is 2. The van der Waals surface area contributed by atoms with Crippen molar-refractivity contribution in [1.82, 2.24) is 9.13 Å². The van der Waals surface area contributed by atoms with Crippen LogP contribution in [0.3, 0.4) is 0 Å². The van der Waals surface area contributed by atoms with Gasteiger partial charge in [0.15, 0.2) is 0 Å². The molecule has 0 bridgehead atoms. The maximum absolute atomic E-state index is 11.0. The van der Waals surface area contributed by atoms with Gasteiger partial charge >= 0.3 is 0 Å². The lowest BCUT2D eigenvalue weighted by Gasteiger charge is -2.19. The first-order valence-corrected chi connectivity index (χ1v) is 18.4. The molecular weight excluding hydrogens is 697 g/mol. The van der Waals surface area contributed by atoms with Crippen molar-refractivity contribution in [3.8, 4) is 63.3 Å². The number of benzene rings is 7. The van der Waals surface area contributed by atoms with Gasteiger partial charge in [0, 0.05) is 32.7 Å². The number of hydrogen-bond acceptors (Lipinski definition) is 4. The minimum Gasteiger partial charge on any atom is -0.307 e. The summed E-state index contributed by atoms with van der Waals surface area (Å²) in [7, 11) is 0. The van der Waals surface area contributed by atoms with Gasteiger partial charge in [0.05, 0.1) is 61.8 Å². The van der Waals surface area contributed by atoms with Gasteiger partial charge in [-0.1, -0.05) is 116 Å². The normalized spacial score (nSPS) is 11.5. The molecule has 9 aromatic rings. The number of aromatic nitrogens is 2. The average Bonchev–Trinajstić information content (AvgIpc) is 3.77. The van der Waals surface area contributed by atoms with Crippen LogP contribution < -0.4 is 0 Å². The SMILES string of the molecule is C=C(C#N)/C(=C(\C)C#N)n1c2ccccc2c2cc(-c3ccc4c(c3)c3ccccc3n4-c3c(C#N)c(-c4ccccc4)cc(-c4ccccc4)c3C#N)ccc21. The Labute approximate surface area is 329 Å². The fourth-order valence-electron chi connectivity index (χ4n) is 8.23. The van der Waals surface area contributed by atoms with E-state index < -0.39 is 0 Å². The van der Waals surface area contributed by atoms with E-state index in [0.717, 1.165) is 77.0 Å². The first-order chi connectivity index (χ1) is 28.0. The van der Waals surface area contributed by atoms with Crippen molar-refractivity contribution in [3.63, 3.8) is 0 Å². The van der Waals surface area contributed by atoms with Crippen LogP contribution in [0.25, 0.3) is 88.4 Å². The highest BCUT2D eigenvalue weighted by atomic mass is 15.0. The fraction of sp³-hybridized carbons (Fsp3) is 0.0196. The third-order valence-electron chi connectivity index (χ3n) is 10.8. The number of fused-ring (bicyclic) bond motifs is 6. The Balaban J connectivity index is 1.31. The molecule has 6 nitrogen and oxygen atoms in total. The molecule has 0 fully saturated rings. The van der Waals surface area contributed by atoms with Crippen LogP contribution in [0.15, 0.2) is 169 Å². The highest BCUT2D eigenvalue weighted by molar-refractivity contribution is 6.14. The van der Waals surface area contributed by atoms with Crippen molar-refractivity contribution in [3.05, 3.63) is 181 Å². The molecule has 9 rings (SSSR count). The zero-order valence-electron chi connectivity index (χ0n) is 30.8. The summed E-state index contributed by atoms with van der Waals surface area (Å²) < 4.78 is 4.04. The molecule has 6 heteroatoms. The van der Waals surface area contributed by atoms with Crippen LogP contribution in [0.5, 0.6) is 0 Å². The second-order valence-electron chi connectivity index (χ2n) is 13.9. The molecule has 0 N–H and O–H groups in total. The molecule has 57 heavy (non-hydrogen) atoms. The molecule has 0 saturated carbocycles. The van der Waals surface area contributed by atoms with Gasteiger partial charge < -0.3 is 9.13 Å². The van der Waals surface area contributed by atoms with E-state index >= 15 is 0 Å². The average molecular weight is 727 g/mol. The van der Waals surface area contributed by atoms with Crippen molar-refractivity contribution in [2.24, 2.45) is 0 Å². The Morgan fingerprint density at radius 1 is 0.474 bits per heavy atom. The largest absolute Gasteiger partial charge is 0.307 e. The molecule has 7 aromatic carbocycles. The molecule has 0 aliphatic carbocycles. The third kappa shape index (κ3) is 5.38. The molecule has 0 saturated heterocycles. The van der Waals surface area contributed by atoms with Crippen LogP contribution in [0.1, 0.15) is 18.1 Å². The van der Waals surface area contributed by atoms with Crippen LogP contribution in [-0.4, -0.2) is 9.13 Å². The number of allylic oxidation sites excluding steroid dienone is 3. The number of rotatable bonds is 6. The van der Waals surface area contributed by atoms with E-state index in [9.17, 15) is 21.0 Å². The molecule has 0 radical (unpaired) electrons. The zero-order valence-corrected chi connectivity index (χ0v) is 30.8. The minimum absolute atomic E-state index is 0.215. The Bertz CT molecular complexity index is 3270. The molecule has 0 spiro atoms. The fourth-order valence-corrected chi connectivity index (χ4v) is 8.23. The summed E-state index contributed by atoms with van der Waals surface area (Å²) in [4.78, 5) is 0. The number of nitrogens with zero attached hydrogens (tertiary/aromatic N) is 6. The van der Waals surface area contributed by atoms with E-state index in [4.69, 9.17) is 0 Å². The Morgan fingerprint density at radius 2 is 0.930 bits per heavy atom. The van der Waals surface area contributed by atoms with Crippen LogP contribution in [-0.2, 0) is 0 Å². The quantitative estimate of drug-likeness (QED) is 0.126. The first-order valence-electron chi connectivity index (χ1n) is 18.4. The molecule has 2 aromatic heterocycles. The molecule has 2 heterocycles. The van der Waals surface area contributed by atoms with Gasteiger partial charge in [-0.15, -0.1) is 0 Å². The van der Waals surface area contributed by atoms with Crippen molar-refractivity contribution >= 4 is 49.3 Å². The van der Waals surface area contributed by atoms with Gasteiger partial charge in [-0.3, -0.25) is 0 Å². The molecule has 0 aliphatic heterocycles. The van der Waals surface area contributed by atoms with Gasteiger partial charge in [0.2, 0.25) is 0 Å². The summed E-state index contributed by atoms with van der Waals surface area (Å²) in [6.45, 7) is 5.69. The summed E-state index contributed by atoms with van der Waals surface area (Å²) >= 11 is 0. The smallest absolute Gasteiger partial charge is 0.102 e. The maximum Gasteiger partial charge on any atom is 0.102 e. The third-order valence-corrected chi connectivity index (χ3v) is 10.8. The lowest BCUT2D eigenvalue weighted by atomic mass is 9.89. The topological polar surface area (TPSA) is 105 Å². The second kappa shape index (κ2) is 13.8. The van der Waals surface area contributed by atoms with Gasteiger partial charge in [-0.25, -0.2) is 0 Å². The highest BCUT2D eigenvalue weighted by Crippen LogP contribution is 2.43. The summed E-state index contributed by atoms with van der Waals surface area (Å²) in [5.41, 5.74) is 11.2. The van der Waals surface area contributed by atoms with Crippen molar-refractivity contribution in [2.45, 2.75) is 6.92 Å². The zero-order chi connectivity index (χ0) is 39.2. The van der Waals surface area contributed by atoms with Gasteiger partial charge in [-0.05, 0) is 71.6 Å². The van der Waals surface area contributed by atoms with E-state index in [2.05, 4.69) is 77.9 Å². The van der Waals surface area contributed by atoms with Crippen molar-refractivity contribution in [2.75, 3.05) is 0 Å². The van der Waals surface area contributed by atoms with E-state index in [-0.39, 0.29) is 5.57 Å². The van der Waals surface area contributed by atoms with Crippen LogP contribution in [0.4, 0.5) is 0 Å². The lowest BCUT2D eigenvalue weighted by Crippen LogP contribution is -2.05. The first kappa shape index (κ1) is 34.4. The number of nitriles is 4. The molecule has 0 aliphatic rings. The molecular formula is C51H30N6. The van der Waals surface area contributed by atoms with Gasteiger partial charge in [-0.2, -0.15) is 21.0 Å². The van der Waals surface area contributed by atoms with Crippen molar-refractivity contribution in [1.29, 1.82) is 21.0 Å². The maximum atomic E-state index is 11.0. The lowest BCUT2D eigenvalue weighted by molar-refractivity contribution is 1.16. The van der Waals surface area contributed by atoms with Crippen LogP contribution >= 0.6 is 0 Å². The molecule has 264 valence electrons. The standard InChI is InChI=1S/C51H30N6/c1-32(28-52)50(33(2)29-53)56-46-19-11-9-17-38(46)42-25-36(21-23-48(42)56)37-22-24-49-43(26-37)39-18-10-12-20-47(39)57(49)51-44(30-54)40(34-13-5-3-6-14-34)27-41(45(51)31-55)35-15-7-4-8-16-35/h3-27H,1H2,2H3/b50-33-. The van der Waals surface area contributed by atoms with Crippen LogP contribution in [0.2, 0.25) is 0 Å². The van der Waals surface area contributed by atoms with E-state index in [0.29, 0.717) is 28.1 Å². The highest BCUT2D eigenvalue weighted by Gasteiger charge is 2.25. The predicted octanol–water partition coefficient (Wildman–Crippen LogP) is 12.5. The summed E-state index contributed by atoms with van der Waals surface area (Å²) in [5, 5.41) is 45.6. The predicted molar refractivity (Wildman–Crippen MR) is 229 cm³/mol. The second-order valence-corrected chi connectivity index (χ2v) is 13.9. The summed E-state index contributed by atoms with van der Waals surface area (Å²) in [5.74, 6) is 0. The Kier molecular flexibility index (Phi) is 8.30. The van der Waals surface area contributed by atoms with E-state index in [1.807, 2.05) is 114 Å². The number of hydrogen-bond donors (Lipinski definition) is 0. The molecule has 0 amide bonds. The van der Waals surface area contributed by atoms with Crippen molar-refractivity contribution < 1.29 is 0 Å². The van der Waals surface area contributed by atoms with E-state index in [1.54, 1.807) is 6.92 Å². The Hall–Kier alpha value is -8.42. The van der Waals surface area contributed by atoms with Crippen LogP contribution in [0, 0.1) is 45.3 Å². The van der Waals surface area contributed by atoms with E-state index in [1.165, 1.54) is 0 Å². The minimum atomic E-state index is 0.215. The summed E-state index contributed by atoms with van der Waals surface area (Å²) in [6, 6.07) is 59.8. The monoisotopic (exact) mass is 726 g/mol. The van der Waals surface area contributed by atoms with Gasteiger partial charge in [0.25, 0.3) is 0 Å². The molecule has 0 unspecified atom stereocenters. The summed E-state index contributed by atoms with van der Waals surface area (Å²) in [6.07, 6.45) is 0. The van der Waals surface area contributed by atoms with Gasteiger partial charge in [0.1, 0.15) is 18.2 Å². The molecule has 0 atom stereocenters.